The summed E-state index contributed by atoms with van der Waals surface area (Å²) in [6.45, 7) is 12.2. The molecule has 140 valence electrons. The molecule has 0 fully saturated rings. The highest BCUT2D eigenvalue weighted by molar-refractivity contribution is 6.24. The van der Waals surface area contributed by atoms with Crippen molar-refractivity contribution in [2.45, 2.75) is 60.8 Å². The van der Waals surface area contributed by atoms with Crippen LogP contribution in [0.25, 0.3) is 0 Å². The summed E-state index contributed by atoms with van der Waals surface area (Å²) in [5.74, 6) is 0.0499. The number of ether oxygens (including phenoxy) is 2. The van der Waals surface area contributed by atoms with Crippen molar-refractivity contribution in [2.75, 3.05) is 14.2 Å². The van der Waals surface area contributed by atoms with E-state index in [4.69, 9.17) is 9.47 Å². The minimum Gasteiger partial charge on any atom is -0.489 e. The SMILES string of the molecule is CC[C@@H](C)C/C(C)=C/[C@@](C)(CC)C1=C(C)C(=O)C(OC)=C(OC)C1=O. The standard InChI is InChI=1S/C21H32O4/c1-9-13(3)11-14(4)12-21(6,10-2)16-15(5)17(22)19(24-7)20(25-8)18(16)23/h12-13H,9-11H2,1-8H3/b14-12+/t13-,21-/m1/s1. The lowest BCUT2D eigenvalue weighted by Crippen LogP contribution is -2.33. The van der Waals surface area contributed by atoms with E-state index in [0.717, 1.165) is 19.3 Å². The second kappa shape index (κ2) is 8.50. The number of hydrogen-bond donors (Lipinski definition) is 0. The fourth-order valence-electron chi connectivity index (χ4n) is 3.48. The van der Waals surface area contributed by atoms with E-state index in [-0.39, 0.29) is 23.1 Å². The Hall–Kier alpha value is -1.84. The first-order chi connectivity index (χ1) is 11.7. The van der Waals surface area contributed by atoms with Gasteiger partial charge in [0.25, 0.3) is 0 Å². The van der Waals surface area contributed by atoms with Crippen molar-refractivity contribution in [3.8, 4) is 0 Å². The van der Waals surface area contributed by atoms with Gasteiger partial charge >= 0.3 is 0 Å². The number of Topliss-reactive ketones (excluding diaryl/α,β-unsaturated/α-hetero) is 2. The number of rotatable bonds is 8. The number of carbonyl (C=O) groups is 2. The van der Waals surface area contributed by atoms with Gasteiger partial charge in [-0.2, -0.15) is 0 Å². The van der Waals surface area contributed by atoms with E-state index in [9.17, 15) is 9.59 Å². The van der Waals surface area contributed by atoms with Gasteiger partial charge < -0.3 is 9.47 Å². The number of methoxy groups -OCH3 is 2. The Bertz CT molecular complexity index is 636. The molecule has 0 aromatic heterocycles. The van der Waals surface area contributed by atoms with Crippen LogP contribution >= 0.6 is 0 Å². The molecule has 0 N–H and O–H groups in total. The summed E-state index contributed by atoms with van der Waals surface area (Å²) in [4.78, 5) is 25.7. The number of hydrogen-bond acceptors (Lipinski definition) is 4. The molecular formula is C21H32O4. The largest absolute Gasteiger partial charge is 0.489 e. The molecule has 0 bridgehead atoms. The third kappa shape index (κ3) is 4.23. The number of carbonyl (C=O) groups excluding carboxylic acids is 2. The minimum atomic E-state index is -0.516. The first kappa shape index (κ1) is 21.2. The van der Waals surface area contributed by atoms with Gasteiger partial charge in [-0.05, 0) is 32.6 Å². The van der Waals surface area contributed by atoms with Crippen LogP contribution in [0.1, 0.15) is 60.8 Å². The van der Waals surface area contributed by atoms with Gasteiger partial charge in [0.15, 0.2) is 0 Å². The Morgan fingerprint density at radius 3 is 2.08 bits per heavy atom. The summed E-state index contributed by atoms with van der Waals surface area (Å²) in [7, 11) is 2.78. The molecule has 1 aliphatic carbocycles. The molecule has 0 heterocycles. The molecule has 0 saturated heterocycles. The second-order valence-electron chi connectivity index (χ2n) is 7.20. The summed E-state index contributed by atoms with van der Waals surface area (Å²) < 4.78 is 10.3. The lowest BCUT2D eigenvalue weighted by atomic mass is 9.71. The minimum absolute atomic E-state index is 0.000698. The first-order valence-corrected chi connectivity index (χ1v) is 8.98. The van der Waals surface area contributed by atoms with Crippen LogP contribution < -0.4 is 0 Å². The summed E-state index contributed by atoms with van der Waals surface area (Å²) >= 11 is 0. The van der Waals surface area contributed by atoms with Crippen LogP contribution in [0.5, 0.6) is 0 Å². The van der Waals surface area contributed by atoms with Crippen LogP contribution in [0, 0.1) is 11.3 Å². The van der Waals surface area contributed by atoms with Crippen molar-refractivity contribution >= 4 is 11.6 Å². The Morgan fingerprint density at radius 2 is 1.64 bits per heavy atom. The first-order valence-electron chi connectivity index (χ1n) is 8.98. The molecular weight excluding hydrogens is 316 g/mol. The van der Waals surface area contributed by atoms with Crippen molar-refractivity contribution in [3.63, 3.8) is 0 Å². The van der Waals surface area contributed by atoms with Gasteiger partial charge in [0.2, 0.25) is 23.1 Å². The lowest BCUT2D eigenvalue weighted by Gasteiger charge is -2.32. The maximum absolute atomic E-state index is 13.0. The van der Waals surface area contributed by atoms with E-state index in [1.165, 1.54) is 19.8 Å². The van der Waals surface area contributed by atoms with Crippen LogP contribution in [0.2, 0.25) is 0 Å². The summed E-state index contributed by atoms with van der Waals surface area (Å²) in [5, 5.41) is 0. The molecule has 0 spiro atoms. The monoisotopic (exact) mass is 348 g/mol. The topological polar surface area (TPSA) is 52.6 Å². The van der Waals surface area contributed by atoms with Crippen LogP contribution in [-0.4, -0.2) is 25.8 Å². The average Bonchev–Trinajstić information content (AvgIpc) is 2.57. The van der Waals surface area contributed by atoms with Crippen LogP contribution in [-0.2, 0) is 19.1 Å². The molecule has 0 unspecified atom stereocenters. The zero-order valence-corrected chi connectivity index (χ0v) is 16.9. The average molecular weight is 348 g/mol. The molecule has 1 aliphatic rings. The fraction of sp³-hybridized carbons (Fsp3) is 0.619. The van der Waals surface area contributed by atoms with Crippen molar-refractivity contribution in [1.82, 2.24) is 0 Å². The summed E-state index contributed by atoms with van der Waals surface area (Å²) in [5.41, 5.74) is 1.68. The number of ketones is 2. The lowest BCUT2D eigenvalue weighted by molar-refractivity contribution is -0.121. The maximum atomic E-state index is 13.0. The van der Waals surface area contributed by atoms with Crippen molar-refractivity contribution in [1.29, 1.82) is 0 Å². The molecule has 4 heteroatoms. The normalized spacial score (nSPS) is 19.9. The van der Waals surface area contributed by atoms with Crippen LogP contribution in [0.4, 0.5) is 0 Å². The molecule has 2 atom stereocenters. The predicted octanol–water partition coefficient (Wildman–Crippen LogP) is 4.76. The van der Waals surface area contributed by atoms with E-state index >= 15 is 0 Å². The zero-order valence-electron chi connectivity index (χ0n) is 16.9. The van der Waals surface area contributed by atoms with Crippen molar-refractivity contribution in [2.24, 2.45) is 11.3 Å². The van der Waals surface area contributed by atoms with E-state index in [1.807, 2.05) is 13.8 Å². The van der Waals surface area contributed by atoms with Crippen LogP contribution in [0.15, 0.2) is 34.3 Å². The van der Waals surface area contributed by atoms with Crippen molar-refractivity contribution in [3.05, 3.63) is 34.3 Å². The molecule has 0 amide bonds. The van der Waals surface area contributed by atoms with E-state index < -0.39 is 5.41 Å². The van der Waals surface area contributed by atoms with E-state index in [1.54, 1.807) is 6.92 Å². The van der Waals surface area contributed by atoms with Gasteiger partial charge in [-0.1, -0.05) is 45.8 Å². The quantitative estimate of drug-likeness (QED) is 0.469. The molecule has 1 rings (SSSR count). The maximum Gasteiger partial charge on any atom is 0.228 e. The third-order valence-electron chi connectivity index (χ3n) is 5.21. The van der Waals surface area contributed by atoms with Gasteiger partial charge in [0, 0.05) is 16.6 Å². The summed E-state index contributed by atoms with van der Waals surface area (Å²) in [6, 6.07) is 0. The molecule has 0 aromatic rings. The Morgan fingerprint density at radius 1 is 1.12 bits per heavy atom. The predicted molar refractivity (Wildman–Crippen MR) is 100.0 cm³/mol. The third-order valence-corrected chi connectivity index (χ3v) is 5.21. The molecule has 0 aromatic carbocycles. The highest BCUT2D eigenvalue weighted by atomic mass is 16.5. The fourth-order valence-corrected chi connectivity index (χ4v) is 3.48. The van der Waals surface area contributed by atoms with Gasteiger partial charge in [-0.3, -0.25) is 9.59 Å². The van der Waals surface area contributed by atoms with E-state index in [2.05, 4.69) is 26.8 Å². The Kier molecular flexibility index (Phi) is 7.21. The van der Waals surface area contributed by atoms with Crippen molar-refractivity contribution < 1.29 is 19.1 Å². The van der Waals surface area contributed by atoms with Gasteiger partial charge in [-0.25, -0.2) is 0 Å². The molecule has 0 radical (unpaired) electrons. The molecule has 0 aliphatic heterocycles. The highest BCUT2D eigenvalue weighted by Gasteiger charge is 2.41. The van der Waals surface area contributed by atoms with E-state index in [0.29, 0.717) is 17.1 Å². The second-order valence-corrected chi connectivity index (χ2v) is 7.20. The van der Waals surface area contributed by atoms with Gasteiger partial charge in [0.05, 0.1) is 14.2 Å². The highest BCUT2D eigenvalue weighted by Crippen LogP contribution is 2.41. The summed E-state index contributed by atoms with van der Waals surface area (Å²) in [6.07, 6.45) is 4.96. The van der Waals surface area contributed by atoms with Gasteiger partial charge in [0.1, 0.15) is 0 Å². The van der Waals surface area contributed by atoms with Gasteiger partial charge in [-0.15, -0.1) is 0 Å². The smallest absolute Gasteiger partial charge is 0.228 e. The molecule has 0 saturated carbocycles. The molecule has 4 nitrogen and oxygen atoms in total. The molecule has 25 heavy (non-hydrogen) atoms. The Labute approximate surface area is 152 Å². The number of allylic oxidation sites excluding steroid dienone is 4. The van der Waals surface area contributed by atoms with Crippen LogP contribution in [0.3, 0.4) is 0 Å². The zero-order chi connectivity index (χ0) is 19.4. The Balaban J connectivity index is 3.43.